The van der Waals surface area contributed by atoms with E-state index >= 15 is 0 Å². The topological polar surface area (TPSA) is 7.76 Å². The summed E-state index contributed by atoms with van der Waals surface area (Å²) in [6, 6.07) is 19.7. The molecule has 0 radical (unpaired) electrons. The van der Waals surface area contributed by atoms with E-state index in [4.69, 9.17) is 0 Å². The summed E-state index contributed by atoms with van der Waals surface area (Å²) in [5, 5.41) is 1.35. The molecule has 138 valence electrons. The number of aromatic nitrogens is 2. The van der Waals surface area contributed by atoms with Crippen molar-refractivity contribution in [2.45, 2.75) is 39.7 Å². The van der Waals surface area contributed by atoms with Crippen molar-refractivity contribution in [2.75, 3.05) is 0 Å². The molecule has 1 aliphatic rings. The van der Waals surface area contributed by atoms with E-state index in [9.17, 15) is 0 Å². The number of hydrogen-bond donors (Lipinski definition) is 0. The van der Waals surface area contributed by atoms with Crippen LogP contribution in [0.2, 0.25) is 0 Å². The maximum atomic E-state index is 2.39. The molecule has 0 unspecified atom stereocenters. The van der Waals surface area contributed by atoms with Gasteiger partial charge in [-0.1, -0.05) is 44.2 Å². The first-order chi connectivity index (χ1) is 13.5. The van der Waals surface area contributed by atoms with Gasteiger partial charge in [0, 0.05) is 45.9 Å². The second-order valence-electron chi connectivity index (χ2n) is 8.31. The van der Waals surface area contributed by atoms with Crippen LogP contribution in [-0.4, -0.2) is 0 Å². The fraction of sp³-hybridized carbons (Fsp3) is 0.231. The molecule has 1 aliphatic carbocycles. The molecule has 0 fully saturated rings. The maximum Gasteiger partial charge on any atom is 0.213 e. The molecule has 28 heavy (non-hydrogen) atoms. The van der Waals surface area contributed by atoms with Crippen LogP contribution in [0.4, 0.5) is 0 Å². The van der Waals surface area contributed by atoms with Gasteiger partial charge in [0.15, 0.2) is 18.6 Å². The summed E-state index contributed by atoms with van der Waals surface area (Å²) < 4.78 is 4.66. The molecule has 2 aromatic heterocycles. The Kier molecular flexibility index (Phi) is 3.67. The van der Waals surface area contributed by atoms with Crippen LogP contribution >= 0.6 is 0 Å². The smallest absolute Gasteiger partial charge is 0.198 e. The summed E-state index contributed by atoms with van der Waals surface area (Å²) in [6.45, 7) is 10.1. The third kappa shape index (κ3) is 2.27. The molecule has 5 rings (SSSR count). The number of pyridine rings is 2. The van der Waals surface area contributed by atoms with E-state index in [1.807, 2.05) is 0 Å². The van der Waals surface area contributed by atoms with Crippen LogP contribution in [0, 0.1) is 6.92 Å². The first-order valence-corrected chi connectivity index (χ1v) is 10.1. The molecule has 0 bridgehead atoms. The van der Waals surface area contributed by atoms with Crippen molar-refractivity contribution in [1.29, 1.82) is 0 Å². The quantitative estimate of drug-likeness (QED) is 0.439. The van der Waals surface area contributed by atoms with Gasteiger partial charge >= 0.3 is 0 Å². The Labute approximate surface area is 166 Å². The minimum absolute atomic E-state index is 0.0304. The van der Waals surface area contributed by atoms with E-state index in [2.05, 4.69) is 110 Å². The summed E-state index contributed by atoms with van der Waals surface area (Å²) in [6.07, 6.45) is 6.92. The van der Waals surface area contributed by atoms with Crippen LogP contribution in [-0.2, 0) is 12.0 Å². The molecular formula is C26H26N2+2. The van der Waals surface area contributed by atoms with Gasteiger partial charge in [-0.25, -0.2) is 0 Å². The first kappa shape index (κ1) is 17.1. The van der Waals surface area contributed by atoms with E-state index in [0.717, 1.165) is 6.54 Å². The molecule has 2 aromatic carbocycles. The summed E-state index contributed by atoms with van der Waals surface area (Å²) >= 11 is 0. The van der Waals surface area contributed by atoms with Gasteiger partial charge in [-0.15, -0.1) is 0 Å². The average molecular weight is 367 g/mol. The minimum atomic E-state index is -0.0304. The highest BCUT2D eigenvalue weighted by atomic mass is 15.0. The van der Waals surface area contributed by atoms with Crippen LogP contribution in [0.3, 0.4) is 0 Å². The van der Waals surface area contributed by atoms with Crippen LogP contribution in [0.25, 0.3) is 27.7 Å². The van der Waals surface area contributed by atoms with Crippen LogP contribution in [0.15, 0.2) is 73.2 Å². The molecule has 2 heterocycles. The SMILES string of the molecule is CC[n+]1cc2c(c3ccccc31)-c1cc[n+](-c3ccccc3C)cc1C2(C)C. The zero-order valence-corrected chi connectivity index (χ0v) is 17.0. The number of aryl methyl sites for hydroxylation is 2. The van der Waals surface area contributed by atoms with E-state index in [1.54, 1.807) is 0 Å². The molecule has 0 saturated heterocycles. The van der Waals surface area contributed by atoms with E-state index in [-0.39, 0.29) is 5.41 Å². The zero-order valence-electron chi connectivity index (χ0n) is 17.0. The summed E-state index contributed by atoms with van der Waals surface area (Å²) in [5.74, 6) is 0. The molecule has 2 heteroatoms. The van der Waals surface area contributed by atoms with Crippen molar-refractivity contribution in [3.05, 3.63) is 89.9 Å². The van der Waals surface area contributed by atoms with Crippen molar-refractivity contribution in [3.63, 3.8) is 0 Å². The number of fused-ring (bicyclic) bond motifs is 5. The number of para-hydroxylation sites is 2. The van der Waals surface area contributed by atoms with Crippen LogP contribution in [0.1, 0.15) is 37.5 Å². The van der Waals surface area contributed by atoms with Crippen LogP contribution < -0.4 is 9.13 Å². The van der Waals surface area contributed by atoms with Gasteiger partial charge in [0.1, 0.15) is 6.54 Å². The lowest BCUT2D eigenvalue weighted by Crippen LogP contribution is -2.35. The Balaban J connectivity index is 1.82. The van der Waals surface area contributed by atoms with Gasteiger partial charge in [0.05, 0.1) is 5.39 Å². The number of benzene rings is 2. The first-order valence-electron chi connectivity index (χ1n) is 10.1. The van der Waals surface area contributed by atoms with Gasteiger partial charge in [-0.2, -0.15) is 9.13 Å². The molecule has 0 spiro atoms. The molecule has 0 atom stereocenters. The molecule has 2 nitrogen and oxygen atoms in total. The summed E-state index contributed by atoms with van der Waals surface area (Å²) in [4.78, 5) is 0. The highest BCUT2D eigenvalue weighted by Crippen LogP contribution is 2.49. The number of hydrogen-bond acceptors (Lipinski definition) is 0. The van der Waals surface area contributed by atoms with Gasteiger partial charge in [0.25, 0.3) is 0 Å². The third-order valence-corrected chi connectivity index (χ3v) is 6.35. The summed E-state index contributed by atoms with van der Waals surface area (Å²) in [5.41, 5.74) is 9.39. The predicted octanol–water partition coefficient (Wildman–Crippen LogP) is 5.04. The lowest BCUT2D eigenvalue weighted by Gasteiger charge is -2.19. The average Bonchev–Trinajstić information content (AvgIpc) is 2.94. The van der Waals surface area contributed by atoms with Gasteiger partial charge in [-0.05, 0) is 25.5 Å². The lowest BCUT2D eigenvalue weighted by atomic mass is 9.83. The maximum absolute atomic E-state index is 2.39. The fourth-order valence-electron chi connectivity index (χ4n) is 4.76. The van der Waals surface area contributed by atoms with E-state index in [1.165, 1.54) is 44.4 Å². The van der Waals surface area contributed by atoms with Crippen molar-refractivity contribution in [3.8, 4) is 16.8 Å². The second-order valence-corrected chi connectivity index (χ2v) is 8.31. The Morgan fingerprint density at radius 1 is 0.857 bits per heavy atom. The molecule has 0 N–H and O–H groups in total. The third-order valence-electron chi connectivity index (χ3n) is 6.35. The van der Waals surface area contributed by atoms with E-state index < -0.39 is 0 Å². The van der Waals surface area contributed by atoms with E-state index in [0.29, 0.717) is 0 Å². The Bertz CT molecular complexity index is 1230. The lowest BCUT2D eigenvalue weighted by molar-refractivity contribution is -0.668. The minimum Gasteiger partial charge on any atom is -0.198 e. The monoisotopic (exact) mass is 366 g/mol. The normalized spacial score (nSPS) is 14.1. The Morgan fingerprint density at radius 3 is 2.39 bits per heavy atom. The Morgan fingerprint density at radius 2 is 1.61 bits per heavy atom. The van der Waals surface area contributed by atoms with Gasteiger partial charge in [-0.3, -0.25) is 0 Å². The zero-order chi connectivity index (χ0) is 19.5. The standard InChI is InChI=1S/C26H26N2/c1-5-27-17-22-25(20-11-7-9-13-24(20)27)19-14-15-28(16-21(19)26(22,3)4)23-12-8-6-10-18(23)2/h6-17H,5H2,1-4H3/q+2. The highest BCUT2D eigenvalue weighted by molar-refractivity contribution is 5.98. The molecule has 0 amide bonds. The van der Waals surface area contributed by atoms with Gasteiger partial charge < -0.3 is 0 Å². The van der Waals surface area contributed by atoms with Crippen molar-refractivity contribution in [2.24, 2.45) is 0 Å². The van der Waals surface area contributed by atoms with Crippen molar-refractivity contribution in [1.82, 2.24) is 0 Å². The van der Waals surface area contributed by atoms with Crippen LogP contribution in [0.5, 0.6) is 0 Å². The molecule has 0 saturated carbocycles. The van der Waals surface area contributed by atoms with Crippen molar-refractivity contribution >= 4 is 10.9 Å². The summed E-state index contributed by atoms with van der Waals surface area (Å²) in [7, 11) is 0. The number of rotatable bonds is 2. The number of nitrogens with zero attached hydrogens (tertiary/aromatic N) is 2. The molecular weight excluding hydrogens is 340 g/mol. The largest absolute Gasteiger partial charge is 0.213 e. The highest BCUT2D eigenvalue weighted by Gasteiger charge is 2.41. The molecule has 0 aliphatic heterocycles. The Hall–Kier alpha value is -3.00. The van der Waals surface area contributed by atoms with Crippen molar-refractivity contribution < 1.29 is 9.13 Å². The predicted molar refractivity (Wildman–Crippen MR) is 114 cm³/mol. The second kappa shape index (κ2) is 6.00. The molecule has 4 aromatic rings. The van der Waals surface area contributed by atoms with Gasteiger partial charge in [0.2, 0.25) is 11.2 Å². The fourth-order valence-corrected chi connectivity index (χ4v) is 4.76.